The summed E-state index contributed by atoms with van der Waals surface area (Å²) in [5.41, 5.74) is 0.379. The van der Waals surface area contributed by atoms with Crippen LogP contribution in [-0.4, -0.2) is 12.5 Å². The van der Waals surface area contributed by atoms with Gasteiger partial charge in [0.25, 0.3) is 5.91 Å². The van der Waals surface area contributed by atoms with Gasteiger partial charge in [0.2, 0.25) is 0 Å². The molecular weight excluding hydrogens is 274 g/mol. The molecular formula is C19H27NO2. The van der Waals surface area contributed by atoms with E-state index in [0.717, 1.165) is 12.8 Å². The Morgan fingerprint density at radius 1 is 1.23 bits per heavy atom. The van der Waals surface area contributed by atoms with Crippen molar-refractivity contribution in [2.75, 3.05) is 6.54 Å². The molecule has 1 N–H and O–H groups in total. The fraction of sp³-hybridized carbons (Fsp3) is 0.316. The molecule has 0 saturated carbocycles. The second kappa shape index (κ2) is 12.5. The van der Waals surface area contributed by atoms with Crippen LogP contribution in [0.15, 0.2) is 73.8 Å². The van der Waals surface area contributed by atoms with Crippen LogP contribution in [-0.2, 0) is 9.53 Å². The molecule has 0 aromatic rings. The van der Waals surface area contributed by atoms with Crippen LogP contribution >= 0.6 is 0 Å². The highest BCUT2D eigenvalue weighted by atomic mass is 16.5. The van der Waals surface area contributed by atoms with Crippen molar-refractivity contribution in [3.05, 3.63) is 73.8 Å². The van der Waals surface area contributed by atoms with Crippen LogP contribution in [0, 0.1) is 5.92 Å². The van der Waals surface area contributed by atoms with E-state index in [-0.39, 0.29) is 5.91 Å². The summed E-state index contributed by atoms with van der Waals surface area (Å²) in [5, 5.41) is 2.86. The van der Waals surface area contributed by atoms with Crippen molar-refractivity contribution in [1.82, 2.24) is 5.32 Å². The molecule has 0 saturated heterocycles. The minimum atomic E-state index is -0.170. The fourth-order valence-electron chi connectivity index (χ4n) is 1.60. The number of allylic oxidation sites excluding steroid dienone is 5. The molecule has 1 unspecified atom stereocenters. The molecule has 0 spiro atoms. The van der Waals surface area contributed by atoms with Gasteiger partial charge in [0.15, 0.2) is 0 Å². The lowest BCUT2D eigenvalue weighted by atomic mass is 10.1. The zero-order valence-electron chi connectivity index (χ0n) is 13.7. The average Bonchev–Trinajstić information content (AvgIpc) is 2.50. The Bertz CT molecular complexity index is 470. The monoisotopic (exact) mass is 301 g/mol. The van der Waals surface area contributed by atoms with E-state index in [1.165, 1.54) is 6.26 Å². The molecule has 120 valence electrons. The molecule has 0 aliphatic carbocycles. The Labute approximate surface area is 134 Å². The Morgan fingerprint density at radius 3 is 2.59 bits per heavy atom. The van der Waals surface area contributed by atoms with Gasteiger partial charge in [0.1, 0.15) is 5.76 Å². The third kappa shape index (κ3) is 10.5. The minimum absolute atomic E-state index is 0.170. The summed E-state index contributed by atoms with van der Waals surface area (Å²) in [5.74, 6) is 0.728. The number of hydrogen-bond donors (Lipinski definition) is 1. The van der Waals surface area contributed by atoms with Crippen LogP contribution in [0.5, 0.6) is 0 Å². The first-order valence-corrected chi connectivity index (χ1v) is 7.46. The van der Waals surface area contributed by atoms with E-state index in [1.807, 2.05) is 0 Å². The lowest BCUT2D eigenvalue weighted by Gasteiger charge is -2.11. The van der Waals surface area contributed by atoms with E-state index in [1.54, 1.807) is 36.5 Å². The van der Waals surface area contributed by atoms with Gasteiger partial charge in [-0.3, -0.25) is 4.79 Å². The largest absolute Gasteiger partial charge is 0.466 e. The van der Waals surface area contributed by atoms with Gasteiger partial charge >= 0.3 is 0 Å². The number of amides is 1. The van der Waals surface area contributed by atoms with Crippen molar-refractivity contribution in [2.45, 2.75) is 26.7 Å². The van der Waals surface area contributed by atoms with Gasteiger partial charge in [-0.25, -0.2) is 0 Å². The van der Waals surface area contributed by atoms with E-state index in [2.05, 4.69) is 38.9 Å². The summed E-state index contributed by atoms with van der Waals surface area (Å²) in [6.07, 6.45) is 13.9. The van der Waals surface area contributed by atoms with Crippen molar-refractivity contribution >= 4 is 5.91 Å². The average molecular weight is 301 g/mol. The maximum absolute atomic E-state index is 11.8. The van der Waals surface area contributed by atoms with Crippen LogP contribution in [0.1, 0.15) is 26.7 Å². The molecule has 22 heavy (non-hydrogen) atoms. The molecule has 0 heterocycles. The highest BCUT2D eigenvalue weighted by Crippen LogP contribution is 2.04. The van der Waals surface area contributed by atoms with Crippen LogP contribution in [0.3, 0.4) is 0 Å². The SMILES string of the molecule is C=C/C=C\C=C\OC(=C)/C=C\C(=C)C(=O)NCC(C)CCC. The Balaban J connectivity index is 4.14. The first-order chi connectivity index (χ1) is 10.5. The van der Waals surface area contributed by atoms with Gasteiger partial charge in [-0.05, 0) is 30.6 Å². The van der Waals surface area contributed by atoms with E-state index in [0.29, 0.717) is 23.8 Å². The number of carbonyl (C=O) groups is 1. The van der Waals surface area contributed by atoms with E-state index in [9.17, 15) is 4.79 Å². The topological polar surface area (TPSA) is 38.3 Å². The standard InChI is InChI=1S/C19H27NO2/c1-6-8-9-10-14-22-18(5)13-12-17(4)19(21)20-15-16(3)11-7-2/h6,8-10,12-14,16H,1,4-5,7,11,15H2,2-3H3,(H,20,21)/b9-8-,13-12-,14-10+. The maximum Gasteiger partial charge on any atom is 0.250 e. The molecule has 0 aromatic heterocycles. The van der Waals surface area contributed by atoms with E-state index < -0.39 is 0 Å². The summed E-state index contributed by atoms with van der Waals surface area (Å²) in [6.45, 7) is 15.9. The molecule has 3 heteroatoms. The van der Waals surface area contributed by atoms with Gasteiger partial charge in [-0.2, -0.15) is 0 Å². The van der Waals surface area contributed by atoms with Gasteiger partial charge in [0, 0.05) is 12.1 Å². The molecule has 3 nitrogen and oxygen atoms in total. The lowest BCUT2D eigenvalue weighted by molar-refractivity contribution is -0.117. The van der Waals surface area contributed by atoms with Crippen LogP contribution in [0.2, 0.25) is 0 Å². The first-order valence-electron chi connectivity index (χ1n) is 7.46. The van der Waals surface area contributed by atoms with E-state index in [4.69, 9.17) is 4.74 Å². The number of carbonyl (C=O) groups excluding carboxylic acids is 1. The summed E-state index contributed by atoms with van der Waals surface area (Å²) < 4.78 is 5.23. The molecule has 0 fully saturated rings. The summed E-state index contributed by atoms with van der Waals surface area (Å²) >= 11 is 0. The van der Waals surface area contributed by atoms with Gasteiger partial charge in [-0.1, -0.05) is 58.2 Å². The molecule has 1 atom stereocenters. The third-order valence-electron chi connectivity index (χ3n) is 2.81. The maximum atomic E-state index is 11.8. The molecule has 0 aliphatic heterocycles. The Morgan fingerprint density at radius 2 is 1.95 bits per heavy atom. The molecule has 0 bridgehead atoms. The second-order valence-electron chi connectivity index (χ2n) is 5.00. The number of rotatable bonds is 11. The molecule has 0 aliphatic rings. The van der Waals surface area contributed by atoms with Crippen LogP contribution in [0.25, 0.3) is 0 Å². The molecule has 0 radical (unpaired) electrons. The van der Waals surface area contributed by atoms with Crippen molar-refractivity contribution < 1.29 is 9.53 Å². The fourth-order valence-corrected chi connectivity index (χ4v) is 1.60. The third-order valence-corrected chi connectivity index (χ3v) is 2.81. The number of ether oxygens (including phenoxy) is 1. The molecule has 1 amide bonds. The molecule has 0 rings (SSSR count). The zero-order chi connectivity index (χ0) is 16.8. The van der Waals surface area contributed by atoms with Crippen molar-refractivity contribution in [3.63, 3.8) is 0 Å². The first kappa shape index (κ1) is 19.7. The van der Waals surface area contributed by atoms with Gasteiger partial charge < -0.3 is 10.1 Å². The van der Waals surface area contributed by atoms with Crippen molar-refractivity contribution in [2.24, 2.45) is 5.92 Å². The van der Waals surface area contributed by atoms with Crippen molar-refractivity contribution in [1.29, 1.82) is 0 Å². The summed E-state index contributed by atoms with van der Waals surface area (Å²) in [6, 6.07) is 0. The number of hydrogen-bond acceptors (Lipinski definition) is 2. The minimum Gasteiger partial charge on any atom is -0.466 e. The quantitative estimate of drug-likeness (QED) is 0.348. The Hall–Kier alpha value is -2.29. The number of nitrogens with one attached hydrogen (secondary N) is 1. The van der Waals surface area contributed by atoms with Crippen LogP contribution < -0.4 is 5.32 Å². The zero-order valence-corrected chi connectivity index (χ0v) is 13.7. The van der Waals surface area contributed by atoms with Gasteiger partial charge in [0.05, 0.1) is 6.26 Å². The van der Waals surface area contributed by atoms with Crippen LogP contribution in [0.4, 0.5) is 0 Å². The normalized spacial score (nSPS) is 12.6. The smallest absolute Gasteiger partial charge is 0.250 e. The highest BCUT2D eigenvalue weighted by molar-refractivity contribution is 5.95. The second-order valence-corrected chi connectivity index (χ2v) is 5.00. The molecule has 0 aromatic carbocycles. The van der Waals surface area contributed by atoms with Gasteiger partial charge in [-0.15, -0.1) is 0 Å². The summed E-state index contributed by atoms with van der Waals surface area (Å²) in [7, 11) is 0. The predicted octanol–water partition coefficient (Wildman–Crippen LogP) is 4.44. The Kier molecular flexibility index (Phi) is 11.2. The highest BCUT2D eigenvalue weighted by Gasteiger charge is 2.06. The van der Waals surface area contributed by atoms with E-state index >= 15 is 0 Å². The predicted molar refractivity (Wildman–Crippen MR) is 94.1 cm³/mol. The summed E-state index contributed by atoms with van der Waals surface area (Å²) in [4.78, 5) is 11.8. The van der Waals surface area contributed by atoms with Crippen molar-refractivity contribution in [3.8, 4) is 0 Å². The lowest BCUT2D eigenvalue weighted by Crippen LogP contribution is -2.28.